The molecule has 4 unspecified atom stereocenters. The number of esters is 1. The monoisotopic (exact) mass is 523 g/mol. The number of hydrogen-bond acceptors (Lipinski definition) is 7. The fourth-order valence-electron chi connectivity index (χ4n) is 4.45. The van der Waals surface area contributed by atoms with Crippen LogP contribution in [0, 0.1) is 0 Å². The molecular weight excluding hydrogens is 481 g/mol. The Labute approximate surface area is 215 Å². The standard InChI is InChI=1S/C27H42NO7P/c1-20(19-32-26-14-8-9-15-31-26)11-10-16-36(30,35-24-12-6-5-7-13-24)28-23(4)27(29)34-25-17-21(2)33-22(3)18-25/h5-7,11-13,21-23,25-26H,8-10,14-19H2,1-4H3,(H,28,30)/b20-11+/t21?,22?,23-,25?,26?,36?/m0/s1. The smallest absolute Gasteiger partial charge is 0.323 e. The average molecular weight is 524 g/mol. The van der Waals surface area contributed by atoms with Gasteiger partial charge >= 0.3 is 13.5 Å². The molecule has 8 nitrogen and oxygen atoms in total. The number of carbonyl (C=O) groups is 1. The van der Waals surface area contributed by atoms with Crippen molar-refractivity contribution < 1.29 is 32.8 Å². The van der Waals surface area contributed by atoms with Crippen LogP contribution in [-0.2, 0) is 28.3 Å². The molecule has 1 aromatic rings. The molecule has 0 aromatic heterocycles. The molecule has 0 amide bonds. The predicted molar refractivity (Wildman–Crippen MR) is 139 cm³/mol. The van der Waals surface area contributed by atoms with Gasteiger partial charge in [0.15, 0.2) is 6.29 Å². The highest BCUT2D eigenvalue weighted by Crippen LogP contribution is 2.44. The summed E-state index contributed by atoms with van der Waals surface area (Å²) in [5, 5.41) is 2.96. The largest absolute Gasteiger partial charge is 0.461 e. The summed E-state index contributed by atoms with van der Waals surface area (Å²) < 4.78 is 42.7. The zero-order valence-electron chi connectivity index (χ0n) is 22.0. The molecule has 2 saturated heterocycles. The van der Waals surface area contributed by atoms with Crippen molar-refractivity contribution in [1.29, 1.82) is 0 Å². The van der Waals surface area contributed by atoms with Crippen molar-refractivity contribution >= 4 is 13.5 Å². The van der Waals surface area contributed by atoms with Gasteiger partial charge in [0, 0.05) is 19.4 Å². The normalized spacial score (nSPS) is 27.6. The second-order valence-corrected chi connectivity index (χ2v) is 12.1. The third kappa shape index (κ3) is 9.98. The van der Waals surface area contributed by atoms with E-state index < -0.39 is 19.5 Å². The molecule has 0 bridgehead atoms. The lowest BCUT2D eigenvalue weighted by atomic mass is 10.0. The third-order valence-electron chi connectivity index (χ3n) is 6.23. The number of ether oxygens (including phenoxy) is 4. The summed E-state index contributed by atoms with van der Waals surface area (Å²) in [6, 6.07) is 8.22. The van der Waals surface area contributed by atoms with Gasteiger partial charge in [-0.15, -0.1) is 0 Å². The fourth-order valence-corrected chi connectivity index (χ4v) is 6.35. The highest BCUT2D eigenvalue weighted by atomic mass is 31.2. The molecule has 0 saturated carbocycles. The molecule has 0 aliphatic carbocycles. The van der Waals surface area contributed by atoms with Crippen molar-refractivity contribution in [2.45, 2.75) is 96.9 Å². The third-order valence-corrected chi connectivity index (χ3v) is 8.36. The highest BCUT2D eigenvalue weighted by molar-refractivity contribution is 7.57. The van der Waals surface area contributed by atoms with E-state index in [0.29, 0.717) is 31.6 Å². The Hall–Kier alpha value is -1.70. The van der Waals surface area contributed by atoms with Gasteiger partial charge in [-0.3, -0.25) is 9.36 Å². The predicted octanol–water partition coefficient (Wildman–Crippen LogP) is 5.62. The van der Waals surface area contributed by atoms with Gasteiger partial charge in [0.2, 0.25) is 0 Å². The molecule has 0 spiro atoms. The maximum Gasteiger partial charge on any atom is 0.323 e. The summed E-state index contributed by atoms with van der Waals surface area (Å²) in [6.45, 7) is 8.80. The van der Waals surface area contributed by atoms with Crippen LogP contribution < -0.4 is 9.61 Å². The summed E-state index contributed by atoms with van der Waals surface area (Å²) in [5.74, 6) is 0.0465. The van der Waals surface area contributed by atoms with Crippen molar-refractivity contribution in [2.24, 2.45) is 0 Å². The van der Waals surface area contributed by atoms with E-state index >= 15 is 0 Å². The summed E-state index contributed by atoms with van der Waals surface area (Å²) in [4.78, 5) is 12.8. The van der Waals surface area contributed by atoms with Gasteiger partial charge in [-0.2, -0.15) is 0 Å². The Bertz CT molecular complexity index is 877. The molecule has 1 N–H and O–H groups in total. The van der Waals surface area contributed by atoms with Gasteiger partial charge in [0.25, 0.3) is 0 Å². The second kappa shape index (κ2) is 14.3. The number of rotatable bonds is 12. The van der Waals surface area contributed by atoms with Crippen molar-refractivity contribution in [3.8, 4) is 5.75 Å². The van der Waals surface area contributed by atoms with E-state index in [9.17, 15) is 9.36 Å². The van der Waals surface area contributed by atoms with E-state index in [1.807, 2.05) is 45.0 Å². The Morgan fingerprint density at radius 3 is 2.58 bits per heavy atom. The van der Waals surface area contributed by atoms with E-state index in [0.717, 1.165) is 31.4 Å². The van der Waals surface area contributed by atoms with Crippen LogP contribution in [-0.4, -0.2) is 56.0 Å². The first-order chi connectivity index (χ1) is 17.2. The number of allylic oxidation sites excluding steroid dienone is 1. The Morgan fingerprint density at radius 1 is 1.19 bits per heavy atom. The molecule has 0 radical (unpaired) electrons. The zero-order valence-corrected chi connectivity index (χ0v) is 22.9. The van der Waals surface area contributed by atoms with Gasteiger partial charge in [-0.1, -0.05) is 29.8 Å². The molecule has 2 fully saturated rings. The van der Waals surface area contributed by atoms with Gasteiger partial charge in [-0.05, 0) is 65.5 Å². The van der Waals surface area contributed by atoms with Crippen molar-refractivity contribution in [3.63, 3.8) is 0 Å². The number of nitrogens with one attached hydrogen (secondary N) is 1. The minimum atomic E-state index is -3.42. The molecule has 1 aromatic carbocycles. The van der Waals surface area contributed by atoms with Crippen LogP contribution in [0.3, 0.4) is 0 Å². The van der Waals surface area contributed by atoms with E-state index in [4.69, 9.17) is 23.5 Å². The first kappa shape index (κ1) is 28.9. The van der Waals surface area contributed by atoms with Crippen LogP contribution in [0.15, 0.2) is 42.0 Å². The first-order valence-corrected chi connectivity index (χ1v) is 14.9. The van der Waals surface area contributed by atoms with Crippen molar-refractivity contribution in [2.75, 3.05) is 19.4 Å². The number of hydrogen-bond donors (Lipinski definition) is 1. The number of para-hydroxylation sites is 1. The van der Waals surface area contributed by atoms with Gasteiger partial charge < -0.3 is 23.5 Å². The average Bonchev–Trinajstić information content (AvgIpc) is 2.83. The lowest BCUT2D eigenvalue weighted by molar-refractivity contribution is -0.161. The van der Waals surface area contributed by atoms with E-state index in [1.165, 1.54) is 0 Å². The molecule has 9 heteroatoms. The van der Waals surface area contributed by atoms with Crippen LogP contribution in [0.25, 0.3) is 0 Å². The fraction of sp³-hybridized carbons (Fsp3) is 0.667. The lowest BCUT2D eigenvalue weighted by Crippen LogP contribution is -2.41. The molecular formula is C27H42NO7P. The molecule has 2 aliphatic heterocycles. The molecule has 3 rings (SSSR count). The van der Waals surface area contributed by atoms with Crippen LogP contribution in [0.5, 0.6) is 5.75 Å². The minimum Gasteiger partial charge on any atom is -0.461 e. The lowest BCUT2D eigenvalue weighted by Gasteiger charge is -2.32. The Morgan fingerprint density at radius 2 is 1.92 bits per heavy atom. The number of carbonyl (C=O) groups excluding carboxylic acids is 1. The zero-order chi connectivity index (χ0) is 26.0. The van der Waals surface area contributed by atoms with E-state index in [2.05, 4.69) is 5.09 Å². The van der Waals surface area contributed by atoms with Crippen LogP contribution >= 0.6 is 7.52 Å². The summed E-state index contributed by atoms with van der Waals surface area (Å²) in [5.41, 5.74) is 1.03. The maximum atomic E-state index is 13.8. The van der Waals surface area contributed by atoms with Crippen molar-refractivity contribution in [1.82, 2.24) is 5.09 Å². The van der Waals surface area contributed by atoms with Crippen molar-refractivity contribution in [3.05, 3.63) is 42.0 Å². The SMILES string of the molecule is C/C(=C\CCP(=O)(N[C@@H](C)C(=O)OC1CC(C)OC(C)C1)Oc1ccccc1)COC1CCCCO1. The van der Waals surface area contributed by atoms with Gasteiger partial charge in [0.05, 0.1) is 25.0 Å². The summed E-state index contributed by atoms with van der Waals surface area (Å²) >= 11 is 0. The Balaban J connectivity index is 1.57. The quantitative estimate of drug-likeness (QED) is 0.215. The van der Waals surface area contributed by atoms with E-state index in [1.54, 1.807) is 19.1 Å². The van der Waals surface area contributed by atoms with Gasteiger partial charge in [-0.25, -0.2) is 5.09 Å². The van der Waals surface area contributed by atoms with Crippen LogP contribution in [0.2, 0.25) is 0 Å². The maximum absolute atomic E-state index is 13.8. The Kier molecular flexibility index (Phi) is 11.5. The molecule has 202 valence electrons. The van der Waals surface area contributed by atoms with E-state index in [-0.39, 0.29) is 30.8 Å². The minimum absolute atomic E-state index is 0.0333. The molecule has 5 atom stereocenters. The van der Waals surface area contributed by atoms with Crippen LogP contribution in [0.1, 0.15) is 66.2 Å². The second-order valence-electron chi connectivity index (χ2n) is 9.89. The number of benzene rings is 1. The topological polar surface area (TPSA) is 92.3 Å². The summed E-state index contributed by atoms with van der Waals surface area (Å²) in [7, 11) is -3.42. The molecule has 2 aliphatic rings. The van der Waals surface area contributed by atoms with Crippen LogP contribution in [0.4, 0.5) is 0 Å². The molecule has 2 heterocycles. The molecule has 36 heavy (non-hydrogen) atoms. The van der Waals surface area contributed by atoms with Gasteiger partial charge in [0.1, 0.15) is 17.9 Å². The first-order valence-electron chi connectivity index (χ1n) is 13.1. The summed E-state index contributed by atoms with van der Waals surface area (Å²) in [6.07, 6.45) is 6.85. The highest BCUT2D eigenvalue weighted by Gasteiger charge is 2.33.